The molecule has 0 aliphatic carbocycles. The van der Waals surface area contributed by atoms with Crippen LogP contribution in [-0.4, -0.2) is 10.8 Å². The predicted octanol–water partition coefficient (Wildman–Crippen LogP) is 2.56. The van der Waals surface area contributed by atoms with Crippen LogP contribution in [0.15, 0.2) is 35.4 Å². The monoisotopic (exact) mass is 253 g/mol. The molecule has 0 spiro atoms. The van der Waals surface area contributed by atoms with Crippen LogP contribution in [0.1, 0.15) is 12.5 Å². The number of thiocarbonyl (C=S) groups is 1. The van der Waals surface area contributed by atoms with Crippen molar-refractivity contribution < 1.29 is 0 Å². The molecule has 0 aliphatic heterocycles. The number of allylic oxidation sites excluding steroid dienone is 1. The summed E-state index contributed by atoms with van der Waals surface area (Å²) in [5, 5.41) is 4.82. The fourth-order valence-electron chi connectivity index (χ4n) is 0.971. The van der Waals surface area contributed by atoms with Gasteiger partial charge in [-0.2, -0.15) is 5.10 Å². The van der Waals surface area contributed by atoms with Crippen molar-refractivity contribution in [3.63, 3.8) is 0 Å². The summed E-state index contributed by atoms with van der Waals surface area (Å²) in [6.45, 7) is 1.84. The number of nitrogens with one attached hydrogen (secondary N) is 1. The van der Waals surface area contributed by atoms with Crippen LogP contribution < -0.4 is 11.2 Å². The van der Waals surface area contributed by atoms with Gasteiger partial charge in [-0.3, -0.25) is 5.43 Å². The van der Waals surface area contributed by atoms with Crippen molar-refractivity contribution in [1.82, 2.24) is 5.43 Å². The number of halogens is 1. The minimum atomic E-state index is 0.152. The van der Waals surface area contributed by atoms with Crippen molar-refractivity contribution >= 4 is 40.7 Å². The second kappa shape index (κ2) is 6.25. The first-order valence-corrected chi connectivity index (χ1v) is 5.40. The van der Waals surface area contributed by atoms with E-state index in [2.05, 4.69) is 22.7 Å². The summed E-state index contributed by atoms with van der Waals surface area (Å²) in [5.74, 6) is 0. The average molecular weight is 254 g/mol. The number of rotatable bonds is 3. The van der Waals surface area contributed by atoms with Crippen LogP contribution in [0, 0.1) is 0 Å². The van der Waals surface area contributed by atoms with Crippen molar-refractivity contribution in [2.24, 2.45) is 10.8 Å². The van der Waals surface area contributed by atoms with E-state index in [1.54, 1.807) is 0 Å². The molecule has 0 radical (unpaired) electrons. The quantitative estimate of drug-likeness (QED) is 0.495. The summed E-state index contributed by atoms with van der Waals surface area (Å²) in [6.07, 6.45) is 3.78. The fraction of sp³-hybridized carbons (Fsp3) is 0.0909. The molecule has 1 rings (SSSR count). The highest BCUT2D eigenvalue weighted by Gasteiger charge is 1.89. The molecule has 5 heteroatoms. The highest BCUT2D eigenvalue weighted by molar-refractivity contribution is 7.80. The first kappa shape index (κ1) is 12.7. The molecule has 0 saturated carbocycles. The van der Waals surface area contributed by atoms with E-state index >= 15 is 0 Å². The van der Waals surface area contributed by atoms with Gasteiger partial charge in [-0.15, -0.1) is 0 Å². The molecule has 1 aromatic rings. The molecule has 0 bridgehead atoms. The molecule has 1 aromatic carbocycles. The van der Waals surface area contributed by atoms with Gasteiger partial charge in [-0.1, -0.05) is 29.8 Å². The van der Waals surface area contributed by atoms with E-state index < -0.39 is 0 Å². The van der Waals surface area contributed by atoms with E-state index in [1.807, 2.05) is 43.3 Å². The summed E-state index contributed by atoms with van der Waals surface area (Å²) in [5.41, 5.74) is 9.59. The third kappa shape index (κ3) is 4.91. The number of nitrogens with two attached hydrogens (primary N) is 1. The lowest BCUT2D eigenvalue weighted by Crippen LogP contribution is -2.24. The van der Waals surface area contributed by atoms with Gasteiger partial charge in [-0.25, -0.2) is 0 Å². The zero-order valence-electron chi connectivity index (χ0n) is 8.77. The zero-order chi connectivity index (χ0) is 12.0. The fourth-order valence-corrected chi connectivity index (χ4v) is 1.14. The van der Waals surface area contributed by atoms with E-state index in [9.17, 15) is 0 Å². The lowest BCUT2D eigenvalue weighted by Gasteiger charge is -1.96. The molecule has 3 N–H and O–H groups in total. The largest absolute Gasteiger partial charge is 0.375 e. The Kier molecular flexibility index (Phi) is 4.95. The van der Waals surface area contributed by atoms with Gasteiger partial charge in [0.1, 0.15) is 0 Å². The standard InChI is InChI=1S/C11H12ClN3S/c1-8(14-15-11(13)16)2-3-9-4-6-10(12)7-5-9/h2-7H,1H3,(H3,13,15,16). The van der Waals surface area contributed by atoms with Gasteiger partial charge in [0.15, 0.2) is 5.11 Å². The van der Waals surface area contributed by atoms with Gasteiger partial charge in [-0.05, 0) is 42.9 Å². The van der Waals surface area contributed by atoms with Gasteiger partial charge in [0.2, 0.25) is 0 Å². The highest BCUT2D eigenvalue weighted by Crippen LogP contribution is 2.10. The van der Waals surface area contributed by atoms with Crippen LogP contribution in [0.4, 0.5) is 0 Å². The second-order valence-electron chi connectivity index (χ2n) is 3.11. The van der Waals surface area contributed by atoms with E-state index in [0.717, 1.165) is 16.3 Å². The summed E-state index contributed by atoms with van der Waals surface area (Å²) >= 11 is 10.4. The maximum Gasteiger partial charge on any atom is 0.184 e. The van der Waals surface area contributed by atoms with Crippen LogP contribution >= 0.6 is 23.8 Å². The summed E-state index contributed by atoms with van der Waals surface area (Å²) in [6, 6.07) is 7.52. The molecule has 16 heavy (non-hydrogen) atoms. The van der Waals surface area contributed by atoms with E-state index in [4.69, 9.17) is 17.3 Å². The number of hydrogen-bond donors (Lipinski definition) is 2. The summed E-state index contributed by atoms with van der Waals surface area (Å²) in [7, 11) is 0. The highest BCUT2D eigenvalue weighted by atomic mass is 35.5. The maximum absolute atomic E-state index is 5.77. The lowest BCUT2D eigenvalue weighted by atomic mass is 10.2. The van der Waals surface area contributed by atoms with Crippen LogP contribution in [0.25, 0.3) is 6.08 Å². The Balaban J connectivity index is 2.62. The van der Waals surface area contributed by atoms with Crippen LogP contribution in [0.3, 0.4) is 0 Å². The first-order chi connectivity index (χ1) is 7.58. The Morgan fingerprint density at radius 2 is 2.06 bits per heavy atom. The third-order valence-electron chi connectivity index (χ3n) is 1.73. The van der Waals surface area contributed by atoms with E-state index in [0.29, 0.717) is 0 Å². The molecule has 0 heterocycles. The molecule has 0 aromatic heterocycles. The molecule has 0 saturated heterocycles. The van der Waals surface area contributed by atoms with Gasteiger partial charge < -0.3 is 5.73 Å². The van der Waals surface area contributed by atoms with Crippen LogP contribution in [0.5, 0.6) is 0 Å². The van der Waals surface area contributed by atoms with Gasteiger partial charge in [0.25, 0.3) is 0 Å². The third-order valence-corrected chi connectivity index (χ3v) is 2.07. The van der Waals surface area contributed by atoms with Crippen LogP contribution in [-0.2, 0) is 0 Å². The minimum Gasteiger partial charge on any atom is -0.375 e. The summed E-state index contributed by atoms with van der Waals surface area (Å²) < 4.78 is 0. The summed E-state index contributed by atoms with van der Waals surface area (Å²) in [4.78, 5) is 0. The molecule has 0 aliphatic rings. The number of benzene rings is 1. The molecule has 0 unspecified atom stereocenters. The number of nitrogens with zero attached hydrogens (tertiary/aromatic N) is 1. The molecular weight excluding hydrogens is 242 g/mol. The Hall–Kier alpha value is -1.39. The number of hydrazone groups is 1. The molecule has 84 valence electrons. The Bertz CT molecular complexity index is 423. The van der Waals surface area contributed by atoms with Gasteiger partial charge in [0.05, 0.1) is 5.71 Å². The van der Waals surface area contributed by atoms with Crippen molar-refractivity contribution in [3.8, 4) is 0 Å². The molecular formula is C11H12ClN3S. The topological polar surface area (TPSA) is 50.4 Å². The van der Waals surface area contributed by atoms with Crippen LogP contribution in [0.2, 0.25) is 5.02 Å². The normalized spacial score (nSPS) is 11.8. The first-order valence-electron chi connectivity index (χ1n) is 4.61. The maximum atomic E-state index is 5.77. The van der Waals surface area contributed by atoms with E-state index in [1.165, 1.54) is 0 Å². The molecule has 3 nitrogen and oxygen atoms in total. The zero-order valence-corrected chi connectivity index (χ0v) is 10.3. The number of hydrogen-bond acceptors (Lipinski definition) is 2. The molecule has 0 atom stereocenters. The Morgan fingerprint density at radius 1 is 1.44 bits per heavy atom. The Morgan fingerprint density at radius 3 is 2.62 bits per heavy atom. The van der Waals surface area contributed by atoms with Crippen molar-refractivity contribution in [3.05, 3.63) is 40.9 Å². The van der Waals surface area contributed by atoms with Gasteiger partial charge >= 0.3 is 0 Å². The lowest BCUT2D eigenvalue weighted by molar-refractivity contribution is 1.03. The van der Waals surface area contributed by atoms with Crippen molar-refractivity contribution in [2.45, 2.75) is 6.92 Å². The molecule has 0 fully saturated rings. The second-order valence-corrected chi connectivity index (χ2v) is 3.99. The van der Waals surface area contributed by atoms with Crippen molar-refractivity contribution in [1.29, 1.82) is 0 Å². The smallest absolute Gasteiger partial charge is 0.184 e. The SMILES string of the molecule is CC(C=Cc1ccc(Cl)cc1)=NNC(N)=S. The Labute approximate surface area is 105 Å². The molecule has 0 amide bonds. The van der Waals surface area contributed by atoms with Crippen molar-refractivity contribution in [2.75, 3.05) is 0 Å². The van der Waals surface area contributed by atoms with E-state index in [-0.39, 0.29) is 5.11 Å². The minimum absolute atomic E-state index is 0.152. The average Bonchev–Trinajstić information content (AvgIpc) is 2.25. The predicted molar refractivity (Wildman–Crippen MR) is 73.5 cm³/mol. The van der Waals surface area contributed by atoms with Gasteiger partial charge in [0, 0.05) is 5.02 Å².